The lowest BCUT2D eigenvalue weighted by atomic mass is 10.2. The van der Waals surface area contributed by atoms with Crippen molar-refractivity contribution >= 4 is 26.0 Å². The van der Waals surface area contributed by atoms with E-state index in [1.54, 1.807) is 32.2 Å². The highest BCUT2D eigenvalue weighted by Gasteiger charge is 2.18. The Balaban J connectivity index is 2.90. The zero-order valence-electron chi connectivity index (χ0n) is 10.0. The highest BCUT2D eigenvalue weighted by atomic mass is 79.9. The summed E-state index contributed by atoms with van der Waals surface area (Å²) < 4.78 is 32.0. The van der Waals surface area contributed by atoms with E-state index < -0.39 is 10.0 Å². The smallest absolute Gasteiger partial charge is 0.241 e. The molecule has 1 rings (SSSR count). The van der Waals surface area contributed by atoms with Crippen molar-refractivity contribution in [3.05, 3.63) is 28.2 Å². The maximum Gasteiger partial charge on any atom is 0.241 e. The number of hydrogen-bond donors (Lipinski definition) is 1. The summed E-state index contributed by atoms with van der Waals surface area (Å²) in [5.74, 6) is 0. The van der Waals surface area contributed by atoms with Gasteiger partial charge in [-0.1, -0.05) is 6.07 Å². The molecule has 0 heterocycles. The van der Waals surface area contributed by atoms with E-state index in [1.165, 1.54) is 0 Å². The second kappa shape index (κ2) is 5.95. The molecular formula is C11H16BrNO3S. The molecule has 1 unspecified atom stereocenters. The van der Waals surface area contributed by atoms with Crippen LogP contribution in [-0.2, 0) is 14.8 Å². The summed E-state index contributed by atoms with van der Waals surface area (Å²) in [7, 11) is -1.95. The van der Waals surface area contributed by atoms with Crippen molar-refractivity contribution in [2.45, 2.75) is 24.8 Å². The Morgan fingerprint density at radius 3 is 2.65 bits per heavy atom. The van der Waals surface area contributed by atoms with Crippen molar-refractivity contribution in [3.63, 3.8) is 0 Å². The summed E-state index contributed by atoms with van der Waals surface area (Å²) in [6.45, 7) is 3.95. The summed E-state index contributed by atoms with van der Waals surface area (Å²) in [5.41, 5.74) is 1.00. The number of aryl methyl sites for hydroxylation is 1. The van der Waals surface area contributed by atoms with Crippen molar-refractivity contribution in [1.82, 2.24) is 4.72 Å². The molecule has 1 aromatic rings. The van der Waals surface area contributed by atoms with Gasteiger partial charge in [-0.15, -0.1) is 0 Å². The van der Waals surface area contributed by atoms with Gasteiger partial charge in [0.2, 0.25) is 10.0 Å². The topological polar surface area (TPSA) is 55.4 Å². The predicted octanol–water partition coefficient (Wildman–Crippen LogP) is 2.07. The van der Waals surface area contributed by atoms with Gasteiger partial charge in [0.15, 0.2) is 0 Å². The van der Waals surface area contributed by atoms with Crippen LogP contribution in [0.3, 0.4) is 0 Å². The van der Waals surface area contributed by atoms with Gasteiger partial charge in [-0.2, -0.15) is 0 Å². The van der Waals surface area contributed by atoms with E-state index >= 15 is 0 Å². The van der Waals surface area contributed by atoms with Crippen molar-refractivity contribution in [2.24, 2.45) is 0 Å². The van der Waals surface area contributed by atoms with Crippen LogP contribution in [0.4, 0.5) is 0 Å². The molecular weight excluding hydrogens is 306 g/mol. The minimum absolute atomic E-state index is 0.158. The molecule has 0 aliphatic rings. The second-order valence-corrected chi connectivity index (χ2v) is 6.42. The molecule has 0 radical (unpaired) electrons. The first-order valence-corrected chi connectivity index (χ1v) is 7.43. The summed E-state index contributed by atoms with van der Waals surface area (Å²) >= 11 is 3.26. The van der Waals surface area contributed by atoms with Gasteiger partial charge in [-0.05, 0) is 47.5 Å². The van der Waals surface area contributed by atoms with Gasteiger partial charge >= 0.3 is 0 Å². The van der Waals surface area contributed by atoms with E-state index in [-0.39, 0.29) is 17.5 Å². The molecule has 6 heteroatoms. The number of nitrogens with one attached hydrogen (secondary N) is 1. The summed E-state index contributed by atoms with van der Waals surface area (Å²) in [6, 6.07) is 5.12. The SMILES string of the molecule is COC(C)CNS(=O)(=O)c1ccc(C)cc1Br. The number of hydrogen-bond acceptors (Lipinski definition) is 3. The predicted molar refractivity (Wildman–Crippen MR) is 70.5 cm³/mol. The quantitative estimate of drug-likeness (QED) is 0.903. The fraction of sp³-hybridized carbons (Fsp3) is 0.455. The van der Waals surface area contributed by atoms with Gasteiger partial charge in [-0.3, -0.25) is 0 Å². The fourth-order valence-electron chi connectivity index (χ4n) is 1.21. The Morgan fingerprint density at radius 1 is 1.47 bits per heavy atom. The Labute approximate surface area is 111 Å². The van der Waals surface area contributed by atoms with E-state index in [2.05, 4.69) is 20.7 Å². The third-order valence-electron chi connectivity index (χ3n) is 2.34. The highest BCUT2D eigenvalue weighted by molar-refractivity contribution is 9.10. The van der Waals surface area contributed by atoms with Gasteiger partial charge < -0.3 is 4.74 Å². The molecule has 17 heavy (non-hydrogen) atoms. The lowest BCUT2D eigenvalue weighted by Crippen LogP contribution is -2.31. The molecule has 4 nitrogen and oxygen atoms in total. The van der Waals surface area contributed by atoms with Crippen LogP contribution in [0.2, 0.25) is 0 Å². The number of methoxy groups -OCH3 is 1. The van der Waals surface area contributed by atoms with Gasteiger partial charge in [0.25, 0.3) is 0 Å². The molecule has 0 spiro atoms. The fourth-order valence-corrected chi connectivity index (χ4v) is 3.52. The summed E-state index contributed by atoms with van der Waals surface area (Å²) in [6.07, 6.45) is -0.158. The van der Waals surface area contributed by atoms with Crippen molar-refractivity contribution < 1.29 is 13.2 Å². The van der Waals surface area contributed by atoms with Crippen LogP contribution in [0.25, 0.3) is 0 Å². The molecule has 1 aromatic carbocycles. The standard InChI is InChI=1S/C11H16BrNO3S/c1-8-4-5-11(10(12)6-8)17(14,15)13-7-9(2)16-3/h4-6,9,13H,7H2,1-3H3. The minimum Gasteiger partial charge on any atom is -0.380 e. The van der Waals surface area contributed by atoms with Crippen LogP contribution >= 0.6 is 15.9 Å². The lowest BCUT2D eigenvalue weighted by molar-refractivity contribution is 0.122. The highest BCUT2D eigenvalue weighted by Crippen LogP contribution is 2.22. The van der Waals surface area contributed by atoms with Crippen molar-refractivity contribution in [2.75, 3.05) is 13.7 Å². The van der Waals surface area contributed by atoms with E-state index in [4.69, 9.17) is 4.74 Å². The van der Waals surface area contributed by atoms with Crippen LogP contribution in [-0.4, -0.2) is 28.2 Å². The summed E-state index contributed by atoms with van der Waals surface area (Å²) in [5, 5.41) is 0. The van der Waals surface area contributed by atoms with Crippen molar-refractivity contribution in [1.29, 1.82) is 0 Å². The maximum absolute atomic E-state index is 12.0. The first-order chi connectivity index (χ1) is 7.86. The molecule has 0 aliphatic carbocycles. The number of rotatable bonds is 5. The van der Waals surface area contributed by atoms with Crippen molar-refractivity contribution in [3.8, 4) is 0 Å². The van der Waals surface area contributed by atoms with E-state index in [0.29, 0.717) is 4.47 Å². The monoisotopic (exact) mass is 321 g/mol. The molecule has 0 aliphatic heterocycles. The number of ether oxygens (including phenoxy) is 1. The average molecular weight is 322 g/mol. The van der Waals surface area contributed by atoms with E-state index in [1.807, 2.05) is 6.92 Å². The molecule has 0 amide bonds. The molecule has 96 valence electrons. The molecule has 0 saturated heterocycles. The van der Waals surface area contributed by atoms with Gasteiger partial charge in [-0.25, -0.2) is 13.1 Å². The average Bonchev–Trinajstić information content (AvgIpc) is 2.25. The van der Waals surface area contributed by atoms with Gasteiger partial charge in [0.1, 0.15) is 0 Å². The van der Waals surface area contributed by atoms with Crippen LogP contribution in [0.15, 0.2) is 27.6 Å². The molecule has 0 bridgehead atoms. The Kier molecular flexibility index (Phi) is 5.12. The lowest BCUT2D eigenvalue weighted by Gasteiger charge is -2.12. The Hall–Kier alpha value is -0.430. The number of sulfonamides is 1. The van der Waals surface area contributed by atoms with Crippen LogP contribution in [0.5, 0.6) is 0 Å². The molecule has 0 fully saturated rings. The van der Waals surface area contributed by atoms with E-state index in [0.717, 1.165) is 5.56 Å². The molecule has 1 N–H and O–H groups in total. The Morgan fingerprint density at radius 2 is 2.12 bits per heavy atom. The number of benzene rings is 1. The van der Waals surface area contributed by atoms with Crippen LogP contribution < -0.4 is 4.72 Å². The maximum atomic E-state index is 12.0. The van der Waals surface area contributed by atoms with Gasteiger partial charge in [0, 0.05) is 18.1 Å². The molecule has 0 saturated carbocycles. The minimum atomic E-state index is -3.49. The number of halogens is 1. The zero-order valence-corrected chi connectivity index (χ0v) is 12.4. The zero-order chi connectivity index (χ0) is 13.1. The largest absolute Gasteiger partial charge is 0.380 e. The third-order valence-corrected chi connectivity index (χ3v) is 4.74. The first kappa shape index (κ1) is 14.6. The third kappa shape index (κ3) is 4.06. The molecule has 0 aromatic heterocycles. The van der Waals surface area contributed by atoms with Gasteiger partial charge in [0.05, 0.1) is 11.0 Å². The first-order valence-electron chi connectivity index (χ1n) is 5.15. The van der Waals surface area contributed by atoms with Crippen LogP contribution in [0.1, 0.15) is 12.5 Å². The molecule has 1 atom stereocenters. The normalized spacial score (nSPS) is 13.6. The van der Waals surface area contributed by atoms with E-state index in [9.17, 15) is 8.42 Å². The Bertz CT molecular complexity index is 487. The second-order valence-electron chi connectivity index (χ2n) is 3.83. The summed E-state index contributed by atoms with van der Waals surface area (Å²) in [4.78, 5) is 0.242. The van der Waals surface area contributed by atoms with Crippen LogP contribution in [0, 0.1) is 6.92 Å².